The first kappa shape index (κ1) is 13.3. The lowest BCUT2D eigenvalue weighted by Crippen LogP contribution is -2.16. The summed E-state index contributed by atoms with van der Waals surface area (Å²) in [5.41, 5.74) is 2.03. The number of alkyl halides is 1. The summed E-state index contributed by atoms with van der Waals surface area (Å²) in [6, 6.07) is 0. The Morgan fingerprint density at radius 3 is 2.76 bits per heavy atom. The number of ether oxygens (including phenoxy) is 1. The van der Waals surface area contributed by atoms with Crippen LogP contribution in [-0.4, -0.2) is 26.6 Å². The van der Waals surface area contributed by atoms with Crippen LogP contribution in [-0.2, 0) is 6.54 Å². The van der Waals surface area contributed by atoms with Crippen molar-refractivity contribution >= 4 is 22.8 Å². The van der Waals surface area contributed by atoms with E-state index in [0.717, 1.165) is 23.9 Å². The zero-order chi connectivity index (χ0) is 14.6. The number of aromatic nitrogens is 4. The average molecular weight is 307 g/mol. The molecular weight excluding hydrogens is 288 g/mol. The van der Waals surface area contributed by atoms with E-state index in [1.807, 2.05) is 6.92 Å². The van der Waals surface area contributed by atoms with Crippen molar-refractivity contribution in [2.24, 2.45) is 11.3 Å². The van der Waals surface area contributed by atoms with Gasteiger partial charge in [0, 0.05) is 6.54 Å². The molecule has 2 aromatic heterocycles. The summed E-state index contributed by atoms with van der Waals surface area (Å²) in [4.78, 5) is 13.2. The van der Waals surface area contributed by atoms with Crippen LogP contribution in [0.5, 0.6) is 5.88 Å². The van der Waals surface area contributed by atoms with Crippen molar-refractivity contribution in [3.05, 3.63) is 12.2 Å². The second-order valence-electron chi connectivity index (χ2n) is 6.36. The molecule has 0 amide bonds. The Kier molecular flexibility index (Phi) is 2.89. The summed E-state index contributed by atoms with van der Waals surface area (Å²) >= 11 is 6.35. The van der Waals surface area contributed by atoms with Gasteiger partial charge in [0.15, 0.2) is 11.2 Å². The van der Waals surface area contributed by atoms with Crippen LogP contribution in [0, 0.1) is 11.3 Å². The lowest BCUT2D eigenvalue weighted by atomic mass is 10.0. The average Bonchev–Trinajstić information content (AvgIpc) is 3.36. The van der Waals surface area contributed by atoms with Crippen LogP contribution in [0.3, 0.4) is 0 Å². The van der Waals surface area contributed by atoms with Gasteiger partial charge in [-0.05, 0) is 43.9 Å². The molecule has 2 aliphatic carbocycles. The fourth-order valence-corrected chi connectivity index (χ4v) is 3.57. The van der Waals surface area contributed by atoms with Gasteiger partial charge in [-0.3, -0.25) is 0 Å². The molecule has 1 unspecified atom stereocenters. The Bertz CT molecular complexity index is 688. The quantitative estimate of drug-likeness (QED) is 0.795. The normalized spacial score (nSPS) is 21.5. The van der Waals surface area contributed by atoms with E-state index in [1.54, 1.807) is 13.4 Å². The molecule has 0 spiro atoms. The third-order valence-electron chi connectivity index (χ3n) is 4.89. The summed E-state index contributed by atoms with van der Waals surface area (Å²) < 4.78 is 7.51. The molecule has 0 bridgehead atoms. The summed E-state index contributed by atoms with van der Waals surface area (Å²) in [5, 5.41) is -0.154. The van der Waals surface area contributed by atoms with Crippen LogP contribution < -0.4 is 4.74 Å². The number of halogens is 1. The van der Waals surface area contributed by atoms with E-state index in [2.05, 4.69) is 19.5 Å². The molecule has 6 heteroatoms. The van der Waals surface area contributed by atoms with E-state index in [9.17, 15) is 0 Å². The van der Waals surface area contributed by atoms with Gasteiger partial charge in [0.2, 0.25) is 5.88 Å². The van der Waals surface area contributed by atoms with Crippen LogP contribution in [0.4, 0.5) is 0 Å². The monoisotopic (exact) mass is 306 g/mol. The summed E-state index contributed by atoms with van der Waals surface area (Å²) in [6.07, 6.45) is 6.91. The molecular formula is C15H19ClN4O. The first-order chi connectivity index (χ1) is 10.1. The minimum atomic E-state index is -0.154. The van der Waals surface area contributed by atoms with Crippen LogP contribution in [0.2, 0.25) is 0 Å². The van der Waals surface area contributed by atoms with Crippen molar-refractivity contribution in [2.75, 3.05) is 7.11 Å². The fraction of sp³-hybridized carbons (Fsp3) is 0.667. The summed E-state index contributed by atoms with van der Waals surface area (Å²) in [5.74, 6) is 2.28. The number of imidazole rings is 1. The van der Waals surface area contributed by atoms with E-state index < -0.39 is 0 Å². The third-order valence-corrected chi connectivity index (χ3v) is 5.08. The van der Waals surface area contributed by atoms with Gasteiger partial charge in [0.25, 0.3) is 0 Å². The van der Waals surface area contributed by atoms with Gasteiger partial charge < -0.3 is 9.30 Å². The Labute approximate surface area is 128 Å². The number of hydrogen-bond acceptors (Lipinski definition) is 4. The molecule has 0 radical (unpaired) electrons. The maximum absolute atomic E-state index is 6.35. The predicted molar refractivity (Wildman–Crippen MR) is 80.5 cm³/mol. The van der Waals surface area contributed by atoms with Crippen LogP contribution in [0.1, 0.15) is 43.8 Å². The van der Waals surface area contributed by atoms with E-state index in [4.69, 9.17) is 16.3 Å². The second kappa shape index (κ2) is 4.57. The van der Waals surface area contributed by atoms with E-state index in [-0.39, 0.29) is 5.38 Å². The molecule has 112 valence electrons. The first-order valence-corrected chi connectivity index (χ1v) is 7.97. The molecule has 5 nitrogen and oxygen atoms in total. The zero-order valence-corrected chi connectivity index (χ0v) is 13.1. The van der Waals surface area contributed by atoms with E-state index in [0.29, 0.717) is 16.8 Å². The van der Waals surface area contributed by atoms with Gasteiger partial charge in [-0.25, -0.2) is 9.97 Å². The number of fused-ring (bicyclic) bond motifs is 1. The van der Waals surface area contributed by atoms with Gasteiger partial charge in [0.05, 0.1) is 12.5 Å². The number of methoxy groups -OCH3 is 1. The second-order valence-corrected chi connectivity index (χ2v) is 7.02. The third kappa shape index (κ3) is 2.09. The molecule has 2 aliphatic rings. The topological polar surface area (TPSA) is 52.8 Å². The van der Waals surface area contributed by atoms with Crippen molar-refractivity contribution < 1.29 is 4.74 Å². The molecule has 2 saturated carbocycles. The zero-order valence-electron chi connectivity index (χ0n) is 12.3. The highest BCUT2D eigenvalue weighted by atomic mass is 35.5. The minimum Gasteiger partial charge on any atom is -0.479 e. The highest BCUT2D eigenvalue weighted by Crippen LogP contribution is 2.62. The maximum Gasteiger partial charge on any atom is 0.245 e. The molecule has 0 aromatic carbocycles. The summed E-state index contributed by atoms with van der Waals surface area (Å²) in [7, 11) is 1.61. The first-order valence-electron chi connectivity index (χ1n) is 7.54. The van der Waals surface area contributed by atoms with Gasteiger partial charge in [-0.1, -0.05) is 0 Å². The minimum absolute atomic E-state index is 0.154. The maximum atomic E-state index is 6.35. The van der Waals surface area contributed by atoms with Crippen LogP contribution >= 0.6 is 11.6 Å². The highest BCUT2D eigenvalue weighted by molar-refractivity contribution is 6.20. The van der Waals surface area contributed by atoms with Crippen molar-refractivity contribution in [1.29, 1.82) is 0 Å². The Hall–Kier alpha value is -1.36. The Balaban J connectivity index is 1.83. The number of nitrogens with zero attached hydrogens (tertiary/aromatic N) is 4. The number of hydrogen-bond donors (Lipinski definition) is 0. The molecule has 2 aromatic rings. The molecule has 21 heavy (non-hydrogen) atoms. The number of rotatable bonds is 5. The molecule has 0 aliphatic heterocycles. The van der Waals surface area contributed by atoms with Crippen LogP contribution in [0.15, 0.2) is 6.33 Å². The highest BCUT2D eigenvalue weighted by Gasteiger charge is 2.54. The van der Waals surface area contributed by atoms with Gasteiger partial charge in [0.1, 0.15) is 12.2 Å². The molecule has 0 N–H and O–H groups in total. The molecule has 4 rings (SSSR count). The lowest BCUT2D eigenvalue weighted by Gasteiger charge is -2.18. The SMILES string of the molecule is COc1ncnc2c1nc(C(C)Cl)n2CC1(C2CC2)CC1. The van der Waals surface area contributed by atoms with Gasteiger partial charge in [-0.2, -0.15) is 4.98 Å². The largest absolute Gasteiger partial charge is 0.479 e. The van der Waals surface area contributed by atoms with E-state index in [1.165, 1.54) is 25.7 Å². The van der Waals surface area contributed by atoms with Crippen LogP contribution in [0.25, 0.3) is 11.2 Å². The Morgan fingerprint density at radius 2 is 2.19 bits per heavy atom. The van der Waals surface area contributed by atoms with Crippen molar-refractivity contribution in [3.8, 4) is 5.88 Å². The predicted octanol–water partition coefficient (Wildman–Crippen LogP) is 3.32. The lowest BCUT2D eigenvalue weighted by molar-refractivity contribution is 0.368. The molecule has 2 heterocycles. The molecule has 1 atom stereocenters. The molecule has 2 fully saturated rings. The van der Waals surface area contributed by atoms with Gasteiger partial charge >= 0.3 is 0 Å². The van der Waals surface area contributed by atoms with E-state index >= 15 is 0 Å². The fourth-order valence-electron chi connectivity index (χ4n) is 3.41. The van der Waals surface area contributed by atoms with Crippen molar-refractivity contribution in [1.82, 2.24) is 19.5 Å². The standard InChI is InChI=1S/C15H19ClN4O/c1-9(16)12-19-11-13(17-8-18-14(11)21-2)20(12)7-15(5-6-15)10-3-4-10/h8-10H,3-7H2,1-2H3. The molecule has 0 saturated heterocycles. The smallest absolute Gasteiger partial charge is 0.245 e. The Morgan fingerprint density at radius 1 is 1.43 bits per heavy atom. The van der Waals surface area contributed by atoms with Gasteiger partial charge in [-0.15, -0.1) is 11.6 Å². The van der Waals surface area contributed by atoms with Crippen molar-refractivity contribution in [2.45, 2.75) is 44.5 Å². The summed E-state index contributed by atoms with van der Waals surface area (Å²) in [6.45, 7) is 2.93. The van der Waals surface area contributed by atoms with Crippen molar-refractivity contribution in [3.63, 3.8) is 0 Å².